The summed E-state index contributed by atoms with van der Waals surface area (Å²) in [5.41, 5.74) is 11.1. The third-order valence-corrected chi connectivity index (χ3v) is 6.51. The third-order valence-electron chi connectivity index (χ3n) is 6.51. The molecule has 0 atom stereocenters. The summed E-state index contributed by atoms with van der Waals surface area (Å²) >= 11 is 0. The van der Waals surface area contributed by atoms with E-state index in [-0.39, 0.29) is 0 Å². The van der Waals surface area contributed by atoms with Gasteiger partial charge in [0, 0.05) is 36.8 Å². The Morgan fingerprint density at radius 1 is 1.03 bits per heavy atom. The van der Waals surface area contributed by atoms with Crippen molar-refractivity contribution in [3.05, 3.63) is 54.9 Å². The highest BCUT2D eigenvalue weighted by Crippen LogP contribution is 2.32. The van der Waals surface area contributed by atoms with Crippen molar-refractivity contribution in [2.75, 3.05) is 24.6 Å². The highest BCUT2D eigenvalue weighted by atomic mass is 16.5. The van der Waals surface area contributed by atoms with Gasteiger partial charge in [-0.05, 0) is 49.8 Å². The lowest BCUT2D eigenvalue weighted by Crippen LogP contribution is -2.39. The molecule has 158 valence electrons. The molecule has 0 unspecified atom stereocenters. The zero-order chi connectivity index (χ0) is 20.8. The van der Waals surface area contributed by atoms with E-state index < -0.39 is 0 Å². The van der Waals surface area contributed by atoms with Crippen molar-refractivity contribution in [3.8, 4) is 17.1 Å². The van der Waals surface area contributed by atoms with Crippen LogP contribution in [0.4, 0.5) is 5.69 Å². The summed E-state index contributed by atoms with van der Waals surface area (Å²) in [7, 11) is 0. The Balaban J connectivity index is 1.36. The molecule has 1 saturated heterocycles. The van der Waals surface area contributed by atoms with E-state index in [0.29, 0.717) is 6.04 Å². The molecule has 6 nitrogen and oxygen atoms in total. The van der Waals surface area contributed by atoms with Gasteiger partial charge in [0.2, 0.25) is 0 Å². The van der Waals surface area contributed by atoms with Crippen LogP contribution in [-0.4, -0.2) is 40.1 Å². The first-order chi connectivity index (χ1) is 15.2. The predicted molar refractivity (Wildman–Crippen MR) is 124 cm³/mol. The van der Waals surface area contributed by atoms with E-state index in [1.165, 1.54) is 18.5 Å². The fourth-order valence-corrected chi connectivity index (χ4v) is 4.41. The van der Waals surface area contributed by atoms with Gasteiger partial charge in [-0.15, -0.1) is 0 Å². The van der Waals surface area contributed by atoms with Gasteiger partial charge in [0.25, 0.3) is 0 Å². The SMILES string of the molecule is NC1CCN(c2cccc3ccc(-c4cnc5cc(OCC6CC6)ccn45)nc23)CC1. The van der Waals surface area contributed by atoms with Crippen molar-refractivity contribution < 1.29 is 4.74 Å². The minimum absolute atomic E-state index is 0.311. The van der Waals surface area contributed by atoms with Crippen LogP contribution in [0.1, 0.15) is 25.7 Å². The van der Waals surface area contributed by atoms with Crippen molar-refractivity contribution in [2.45, 2.75) is 31.7 Å². The Morgan fingerprint density at radius 2 is 1.90 bits per heavy atom. The van der Waals surface area contributed by atoms with E-state index in [4.69, 9.17) is 15.5 Å². The van der Waals surface area contributed by atoms with Gasteiger partial charge in [-0.3, -0.25) is 4.40 Å². The van der Waals surface area contributed by atoms with Gasteiger partial charge >= 0.3 is 0 Å². The summed E-state index contributed by atoms with van der Waals surface area (Å²) < 4.78 is 8.00. The minimum atomic E-state index is 0.311. The fraction of sp³-hybridized carbons (Fsp3) is 0.360. The average Bonchev–Trinajstić information content (AvgIpc) is 3.55. The number of nitrogens with zero attached hydrogens (tertiary/aromatic N) is 4. The topological polar surface area (TPSA) is 68.7 Å². The maximum Gasteiger partial charge on any atom is 0.140 e. The van der Waals surface area contributed by atoms with Crippen LogP contribution in [0.5, 0.6) is 5.75 Å². The number of fused-ring (bicyclic) bond motifs is 2. The molecule has 4 heterocycles. The maximum atomic E-state index is 6.12. The quantitative estimate of drug-likeness (QED) is 0.529. The summed E-state index contributed by atoms with van der Waals surface area (Å²) in [6, 6.07) is 15.0. The summed E-state index contributed by atoms with van der Waals surface area (Å²) in [4.78, 5) is 12.1. The van der Waals surface area contributed by atoms with Crippen LogP contribution >= 0.6 is 0 Å². The van der Waals surface area contributed by atoms with E-state index in [1.54, 1.807) is 0 Å². The smallest absolute Gasteiger partial charge is 0.140 e. The van der Waals surface area contributed by atoms with Crippen molar-refractivity contribution in [2.24, 2.45) is 11.7 Å². The Hall–Kier alpha value is -3.12. The third kappa shape index (κ3) is 3.61. The van der Waals surface area contributed by atoms with E-state index in [9.17, 15) is 0 Å². The lowest BCUT2D eigenvalue weighted by molar-refractivity contribution is 0.300. The lowest BCUT2D eigenvalue weighted by Gasteiger charge is -2.32. The molecule has 0 radical (unpaired) electrons. The number of piperidine rings is 1. The molecular formula is C25H27N5O. The summed E-state index contributed by atoms with van der Waals surface area (Å²) in [5.74, 6) is 1.62. The molecule has 1 saturated carbocycles. The number of benzene rings is 1. The fourth-order valence-electron chi connectivity index (χ4n) is 4.41. The van der Waals surface area contributed by atoms with Gasteiger partial charge in [0.05, 0.1) is 35.4 Å². The van der Waals surface area contributed by atoms with Crippen molar-refractivity contribution in [1.29, 1.82) is 0 Å². The second-order valence-electron chi connectivity index (χ2n) is 8.86. The number of ether oxygens (including phenoxy) is 1. The molecular weight excluding hydrogens is 386 g/mol. The number of nitrogens with two attached hydrogens (primary N) is 1. The first kappa shape index (κ1) is 18.6. The van der Waals surface area contributed by atoms with E-state index >= 15 is 0 Å². The predicted octanol–water partition coefficient (Wildman–Crippen LogP) is 4.27. The molecule has 1 aliphatic carbocycles. The molecule has 2 fully saturated rings. The van der Waals surface area contributed by atoms with E-state index in [0.717, 1.165) is 72.1 Å². The normalized spacial score (nSPS) is 17.5. The van der Waals surface area contributed by atoms with Gasteiger partial charge in [-0.2, -0.15) is 0 Å². The first-order valence-electron chi connectivity index (χ1n) is 11.3. The van der Waals surface area contributed by atoms with Gasteiger partial charge in [0.1, 0.15) is 11.4 Å². The van der Waals surface area contributed by atoms with Gasteiger partial charge in [0.15, 0.2) is 0 Å². The first-order valence-corrected chi connectivity index (χ1v) is 11.3. The van der Waals surface area contributed by atoms with Crippen LogP contribution in [0.3, 0.4) is 0 Å². The maximum absolute atomic E-state index is 6.12. The van der Waals surface area contributed by atoms with Crippen LogP contribution in [0.15, 0.2) is 54.9 Å². The number of hydrogen-bond donors (Lipinski definition) is 1. The van der Waals surface area contributed by atoms with Gasteiger partial charge < -0.3 is 15.4 Å². The zero-order valence-electron chi connectivity index (χ0n) is 17.6. The van der Waals surface area contributed by atoms with E-state index in [1.807, 2.05) is 24.5 Å². The summed E-state index contributed by atoms with van der Waals surface area (Å²) in [6.07, 6.45) is 8.55. The van der Waals surface area contributed by atoms with Crippen LogP contribution in [0.25, 0.3) is 27.9 Å². The molecule has 0 bridgehead atoms. The van der Waals surface area contributed by atoms with Crippen LogP contribution in [0.2, 0.25) is 0 Å². The van der Waals surface area contributed by atoms with Crippen molar-refractivity contribution >= 4 is 22.2 Å². The number of rotatable bonds is 5. The monoisotopic (exact) mass is 413 g/mol. The van der Waals surface area contributed by atoms with Gasteiger partial charge in [-0.1, -0.05) is 18.2 Å². The van der Waals surface area contributed by atoms with Crippen molar-refractivity contribution in [3.63, 3.8) is 0 Å². The highest BCUT2D eigenvalue weighted by Gasteiger charge is 2.22. The Morgan fingerprint density at radius 3 is 2.74 bits per heavy atom. The molecule has 2 aliphatic rings. The Labute approximate surface area is 181 Å². The van der Waals surface area contributed by atoms with E-state index in [2.05, 4.69) is 44.6 Å². The average molecular weight is 414 g/mol. The molecule has 2 N–H and O–H groups in total. The molecule has 0 spiro atoms. The van der Waals surface area contributed by atoms with Gasteiger partial charge in [-0.25, -0.2) is 9.97 Å². The number of aromatic nitrogens is 3. The Kier molecular flexibility index (Phi) is 4.53. The molecule has 4 aromatic rings. The second kappa shape index (κ2) is 7.54. The molecule has 6 heteroatoms. The number of anilines is 1. The summed E-state index contributed by atoms with van der Waals surface area (Å²) in [6.45, 7) is 2.76. The van der Waals surface area contributed by atoms with Crippen LogP contribution < -0.4 is 15.4 Å². The lowest BCUT2D eigenvalue weighted by atomic mass is 10.0. The van der Waals surface area contributed by atoms with Crippen LogP contribution in [0, 0.1) is 5.92 Å². The molecule has 3 aromatic heterocycles. The number of hydrogen-bond acceptors (Lipinski definition) is 5. The highest BCUT2D eigenvalue weighted by molar-refractivity contribution is 5.92. The zero-order valence-corrected chi connectivity index (χ0v) is 17.6. The molecule has 1 aromatic carbocycles. The Bertz CT molecular complexity index is 1240. The summed E-state index contributed by atoms with van der Waals surface area (Å²) in [5, 5.41) is 1.15. The number of para-hydroxylation sites is 1. The molecule has 1 aliphatic heterocycles. The van der Waals surface area contributed by atoms with Crippen LogP contribution in [-0.2, 0) is 0 Å². The number of pyridine rings is 2. The molecule has 6 rings (SSSR count). The minimum Gasteiger partial charge on any atom is -0.493 e. The van der Waals surface area contributed by atoms with Crippen molar-refractivity contribution in [1.82, 2.24) is 14.4 Å². The molecule has 0 amide bonds. The second-order valence-corrected chi connectivity index (χ2v) is 8.86. The standard InChI is InChI=1S/C25H27N5O/c26-19-8-11-29(12-9-19)22-3-1-2-18-6-7-21(28-25(18)22)23-15-27-24-14-20(10-13-30(23)24)31-16-17-4-5-17/h1-3,6-7,10,13-15,17,19H,4-5,8-9,11-12,16,26H2. The number of imidazole rings is 1. The molecule has 31 heavy (non-hydrogen) atoms. The largest absolute Gasteiger partial charge is 0.493 e.